The number of barbiturate groups is 1. The summed E-state index contributed by atoms with van der Waals surface area (Å²) in [6.07, 6.45) is 1.26. The molecule has 0 saturated carbocycles. The van der Waals surface area contributed by atoms with E-state index >= 15 is 0 Å². The Bertz CT molecular complexity index is 1450. The normalized spacial score (nSPS) is 14.2. The van der Waals surface area contributed by atoms with Gasteiger partial charge in [-0.2, -0.15) is 0 Å². The van der Waals surface area contributed by atoms with E-state index in [1.54, 1.807) is 24.3 Å². The molecule has 0 atom stereocenters. The molecule has 0 aromatic heterocycles. The van der Waals surface area contributed by atoms with Gasteiger partial charge in [0, 0.05) is 17.8 Å². The second-order valence-electron chi connectivity index (χ2n) is 7.84. The van der Waals surface area contributed by atoms with Gasteiger partial charge in [-0.05, 0) is 48.0 Å². The van der Waals surface area contributed by atoms with Gasteiger partial charge in [-0.25, -0.2) is 9.69 Å². The number of imide groups is 2. The predicted molar refractivity (Wildman–Crippen MR) is 136 cm³/mol. The number of non-ortho nitro benzene ring substituents is 1. The number of methoxy groups -OCH3 is 1. The Balaban J connectivity index is 1.52. The average molecular weight is 516 g/mol. The highest BCUT2D eigenvalue weighted by molar-refractivity contribution is 6.39. The molecule has 3 aromatic carbocycles. The van der Waals surface area contributed by atoms with Crippen molar-refractivity contribution in [1.82, 2.24) is 5.32 Å². The maximum Gasteiger partial charge on any atom is 0.335 e. The molecule has 3 aromatic rings. The summed E-state index contributed by atoms with van der Waals surface area (Å²) in [5.74, 6) is -1.72. The minimum atomic E-state index is -0.985. The molecule has 1 saturated heterocycles. The van der Waals surface area contributed by atoms with Crippen molar-refractivity contribution >= 4 is 46.9 Å². The lowest BCUT2D eigenvalue weighted by Crippen LogP contribution is -2.54. The number of urea groups is 1. The second kappa shape index (κ2) is 11.0. The van der Waals surface area contributed by atoms with Crippen LogP contribution < -0.4 is 25.0 Å². The summed E-state index contributed by atoms with van der Waals surface area (Å²) < 4.78 is 10.9. The highest BCUT2D eigenvalue weighted by Gasteiger charge is 2.37. The number of hydrogen-bond acceptors (Lipinski definition) is 8. The number of nitro groups is 1. The molecule has 0 bridgehead atoms. The molecule has 38 heavy (non-hydrogen) atoms. The number of nitrogens with one attached hydrogen (secondary N) is 2. The third-order valence-corrected chi connectivity index (χ3v) is 5.34. The number of ether oxygens (including phenoxy) is 2. The van der Waals surface area contributed by atoms with Gasteiger partial charge in [-0.1, -0.05) is 24.3 Å². The molecule has 0 spiro atoms. The molecular weight excluding hydrogens is 496 g/mol. The van der Waals surface area contributed by atoms with E-state index in [-0.39, 0.29) is 41.0 Å². The number of amides is 5. The molecule has 0 aliphatic carbocycles. The van der Waals surface area contributed by atoms with Crippen molar-refractivity contribution in [2.75, 3.05) is 23.9 Å². The van der Waals surface area contributed by atoms with Crippen molar-refractivity contribution in [3.63, 3.8) is 0 Å². The zero-order chi connectivity index (χ0) is 27.2. The van der Waals surface area contributed by atoms with Crippen LogP contribution in [-0.4, -0.2) is 42.4 Å². The molecule has 1 heterocycles. The van der Waals surface area contributed by atoms with Crippen LogP contribution in [0.2, 0.25) is 0 Å². The zero-order valence-electron chi connectivity index (χ0n) is 19.9. The van der Waals surface area contributed by atoms with E-state index in [9.17, 15) is 29.3 Å². The van der Waals surface area contributed by atoms with Crippen LogP contribution in [0.15, 0.2) is 78.4 Å². The van der Waals surface area contributed by atoms with Gasteiger partial charge in [0.15, 0.2) is 18.1 Å². The number of carbonyl (C=O) groups is 4. The van der Waals surface area contributed by atoms with Crippen molar-refractivity contribution in [3.05, 3.63) is 94.0 Å². The Morgan fingerprint density at radius 2 is 1.74 bits per heavy atom. The van der Waals surface area contributed by atoms with Crippen LogP contribution >= 0.6 is 0 Å². The first-order valence-electron chi connectivity index (χ1n) is 11.1. The molecule has 12 nitrogen and oxygen atoms in total. The van der Waals surface area contributed by atoms with Crippen LogP contribution in [0.3, 0.4) is 0 Å². The van der Waals surface area contributed by atoms with Crippen LogP contribution in [0, 0.1) is 10.1 Å². The number of carbonyl (C=O) groups excluding carboxylic acids is 4. The van der Waals surface area contributed by atoms with Crippen LogP contribution in [0.4, 0.5) is 21.9 Å². The van der Waals surface area contributed by atoms with E-state index < -0.39 is 22.8 Å². The lowest BCUT2D eigenvalue weighted by atomic mass is 10.1. The smallest absolute Gasteiger partial charge is 0.335 e. The summed E-state index contributed by atoms with van der Waals surface area (Å²) >= 11 is 0. The van der Waals surface area contributed by atoms with Crippen LogP contribution in [0.25, 0.3) is 6.08 Å². The monoisotopic (exact) mass is 516 g/mol. The first-order chi connectivity index (χ1) is 18.3. The number of anilines is 2. The fourth-order valence-electron chi connectivity index (χ4n) is 3.54. The number of para-hydroxylation sites is 1. The molecular formula is C26H20N4O8. The molecule has 1 fully saturated rings. The second-order valence-corrected chi connectivity index (χ2v) is 7.84. The standard InChI is InChI=1S/C26H20N4O8/c1-37-22-14-16(7-12-21(22)38-15-23(31)27-17-5-3-2-4-6-17)13-20-24(32)28-26(34)29(25(20)33)18-8-10-19(11-9-18)30(35)36/h2-14H,15H2,1H3,(H,27,31)(H,28,32,34)/b20-13+. The lowest BCUT2D eigenvalue weighted by molar-refractivity contribution is -0.384. The minimum Gasteiger partial charge on any atom is -0.493 e. The molecule has 0 unspecified atom stereocenters. The Morgan fingerprint density at radius 3 is 2.39 bits per heavy atom. The van der Waals surface area contributed by atoms with E-state index in [4.69, 9.17) is 9.47 Å². The minimum absolute atomic E-state index is 0.0478. The first kappa shape index (κ1) is 25.6. The van der Waals surface area contributed by atoms with Gasteiger partial charge in [0.25, 0.3) is 23.4 Å². The van der Waals surface area contributed by atoms with Gasteiger partial charge in [-0.15, -0.1) is 0 Å². The van der Waals surface area contributed by atoms with E-state index in [2.05, 4.69) is 10.6 Å². The Kier molecular flexibility index (Phi) is 7.43. The van der Waals surface area contributed by atoms with Crippen molar-refractivity contribution in [2.45, 2.75) is 0 Å². The van der Waals surface area contributed by atoms with Gasteiger partial charge in [0.05, 0.1) is 17.7 Å². The maximum absolute atomic E-state index is 13.1. The first-order valence-corrected chi connectivity index (χ1v) is 11.1. The van der Waals surface area contributed by atoms with Gasteiger partial charge in [-0.3, -0.25) is 29.8 Å². The summed E-state index contributed by atoms with van der Waals surface area (Å²) in [6, 6.07) is 17.1. The third-order valence-electron chi connectivity index (χ3n) is 5.34. The van der Waals surface area contributed by atoms with E-state index in [0.29, 0.717) is 16.2 Å². The Labute approximate surface area is 215 Å². The lowest BCUT2D eigenvalue weighted by Gasteiger charge is -2.26. The average Bonchev–Trinajstić information content (AvgIpc) is 2.91. The Hall–Kier alpha value is -5.52. The predicted octanol–water partition coefficient (Wildman–Crippen LogP) is 3.29. The van der Waals surface area contributed by atoms with Crippen molar-refractivity contribution in [3.8, 4) is 11.5 Å². The molecule has 12 heteroatoms. The molecule has 0 radical (unpaired) electrons. The summed E-state index contributed by atoms with van der Waals surface area (Å²) in [5, 5.41) is 15.7. The number of hydrogen-bond donors (Lipinski definition) is 2. The quantitative estimate of drug-likeness (QED) is 0.200. The fourth-order valence-corrected chi connectivity index (χ4v) is 3.54. The van der Waals surface area contributed by atoms with E-state index in [1.165, 1.54) is 43.5 Å². The van der Waals surface area contributed by atoms with Crippen molar-refractivity contribution < 1.29 is 33.6 Å². The summed E-state index contributed by atoms with van der Waals surface area (Å²) in [7, 11) is 1.39. The molecule has 1 aliphatic rings. The maximum atomic E-state index is 13.1. The fraction of sp³-hybridized carbons (Fsp3) is 0.0769. The van der Waals surface area contributed by atoms with Gasteiger partial charge in [0.1, 0.15) is 5.57 Å². The molecule has 4 rings (SSSR count). The van der Waals surface area contributed by atoms with E-state index in [1.807, 2.05) is 6.07 Å². The summed E-state index contributed by atoms with van der Waals surface area (Å²) in [6.45, 7) is -0.293. The van der Waals surface area contributed by atoms with Crippen molar-refractivity contribution in [2.24, 2.45) is 0 Å². The van der Waals surface area contributed by atoms with Crippen LogP contribution in [0.5, 0.6) is 11.5 Å². The van der Waals surface area contributed by atoms with Gasteiger partial charge < -0.3 is 14.8 Å². The molecule has 5 amide bonds. The number of nitrogens with zero attached hydrogens (tertiary/aromatic N) is 2. The van der Waals surface area contributed by atoms with Crippen molar-refractivity contribution in [1.29, 1.82) is 0 Å². The highest BCUT2D eigenvalue weighted by Crippen LogP contribution is 2.30. The molecule has 1 aliphatic heterocycles. The van der Waals surface area contributed by atoms with Gasteiger partial charge in [0.2, 0.25) is 0 Å². The number of benzene rings is 3. The van der Waals surface area contributed by atoms with Gasteiger partial charge >= 0.3 is 6.03 Å². The summed E-state index contributed by atoms with van der Waals surface area (Å²) in [5.41, 5.74) is 0.469. The van der Waals surface area contributed by atoms with Crippen LogP contribution in [-0.2, 0) is 14.4 Å². The zero-order valence-corrected chi connectivity index (χ0v) is 19.9. The topological polar surface area (TPSA) is 157 Å². The molecule has 2 N–H and O–H groups in total. The summed E-state index contributed by atoms with van der Waals surface area (Å²) in [4.78, 5) is 61.0. The van der Waals surface area contributed by atoms with Crippen LogP contribution in [0.1, 0.15) is 5.56 Å². The number of nitro benzene ring substituents is 1. The highest BCUT2D eigenvalue weighted by atomic mass is 16.6. The number of rotatable bonds is 8. The largest absolute Gasteiger partial charge is 0.493 e. The molecule has 192 valence electrons. The SMILES string of the molecule is COc1cc(/C=C2\C(=O)NC(=O)N(c3ccc([N+](=O)[O-])cc3)C2=O)ccc1OCC(=O)Nc1ccccc1. The van der Waals surface area contributed by atoms with E-state index in [0.717, 1.165) is 12.1 Å². The third kappa shape index (κ3) is 5.65. The Morgan fingerprint density at radius 1 is 1.03 bits per heavy atom.